The van der Waals surface area contributed by atoms with Crippen molar-refractivity contribution < 1.29 is 4.79 Å². The van der Waals surface area contributed by atoms with Crippen molar-refractivity contribution in [3.63, 3.8) is 0 Å². The Morgan fingerprint density at radius 3 is 2.22 bits per heavy atom. The minimum atomic E-state index is 0.0207. The second-order valence-corrected chi connectivity index (χ2v) is 9.59. The summed E-state index contributed by atoms with van der Waals surface area (Å²) in [7, 11) is 3.71. The maximum absolute atomic E-state index is 12.5. The zero-order chi connectivity index (χ0) is 25.9. The Balaban J connectivity index is 1.21. The number of aromatic nitrogens is 1. The number of nitrogens with zero attached hydrogens (tertiary/aromatic N) is 4. The zero-order valence-electron chi connectivity index (χ0n) is 22.1. The maximum atomic E-state index is 12.5. The molecule has 1 aromatic heterocycles. The highest BCUT2D eigenvalue weighted by Crippen LogP contribution is 2.29. The maximum Gasteiger partial charge on any atom is 0.246 e. The van der Waals surface area contributed by atoms with Crippen molar-refractivity contribution >= 4 is 17.8 Å². The van der Waals surface area contributed by atoms with Gasteiger partial charge in [-0.2, -0.15) is 0 Å². The van der Waals surface area contributed by atoms with Gasteiger partial charge >= 0.3 is 0 Å². The zero-order valence-corrected chi connectivity index (χ0v) is 22.1. The third-order valence-electron chi connectivity index (χ3n) is 7.08. The lowest BCUT2D eigenvalue weighted by molar-refractivity contribution is -0.124. The minimum Gasteiger partial charge on any atom is -0.373 e. The van der Waals surface area contributed by atoms with Crippen LogP contribution in [-0.4, -0.2) is 79.0 Å². The summed E-state index contributed by atoms with van der Waals surface area (Å²) in [5.74, 6) is 0.792. The average Bonchev–Trinajstić information content (AvgIpc) is 2.96. The van der Waals surface area contributed by atoms with Crippen molar-refractivity contribution in [1.29, 1.82) is 0 Å². The Hall–Kier alpha value is -3.48. The van der Waals surface area contributed by atoms with Crippen molar-refractivity contribution in [2.45, 2.75) is 18.9 Å². The molecule has 0 saturated carbocycles. The molecule has 1 N–H and O–H groups in total. The first-order valence-electron chi connectivity index (χ1n) is 13.3. The lowest BCUT2D eigenvalue weighted by Gasteiger charge is -2.40. The molecule has 0 spiro atoms. The van der Waals surface area contributed by atoms with Gasteiger partial charge in [0.25, 0.3) is 0 Å². The molecular weight excluding hydrogens is 458 g/mol. The number of pyridine rings is 1. The van der Waals surface area contributed by atoms with Gasteiger partial charge in [0.05, 0.1) is 6.04 Å². The number of nitrogens with one attached hydrogen (secondary N) is 1. The van der Waals surface area contributed by atoms with Crippen molar-refractivity contribution in [2.24, 2.45) is 0 Å². The van der Waals surface area contributed by atoms with E-state index in [0.29, 0.717) is 6.04 Å². The molecule has 0 bridgehead atoms. The van der Waals surface area contributed by atoms with E-state index in [1.165, 1.54) is 11.1 Å². The van der Waals surface area contributed by atoms with Gasteiger partial charge in [-0.05, 0) is 48.7 Å². The molecule has 0 aliphatic carbocycles. The third kappa shape index (κ3) is 7.51. The van der Waals surface area contributed by atoms with E-state index in [1.807, 2.05) is 32.3 Å². The van der Waals surface area contributed by atoms with Crippen LogP contribution in [-0.2, 0) is 4.79 Å². The summed E-state index contributed by atoms with van der Waals surface area (Å²) in [5, 5.41) is 3.05. The second kappa shape index (κ2) is 13.7. The normalized spacial score (nSPS) is 14.8. The molecule has 194 valence electrons. The van der Waals surface area contributed by atoms with Crippen LogP contribution < -0.4 is 5.32 Å². The predicted molar refractivity (Wildman–Crippen MR) is 152 cm³/mol. The molecule has 3 aromatic rings. The fourth-order valence-corrected chi connectivity index (χ4v) is 4.97. The Bertz CT molecular complexity index is 1090. The van der Waals surface area contributed by atoms with E-state index in [9.17, 15) is 4.79 Å². The summed E-state index contributed by atoms with van der Waals surface area (Å²) in [6.45, 7) is 6.10. The number of piperazine rings is 1. The van der Waals surface area contributed by atoms with Crippen LogP contribution in [0.25, 0.3) is 6.08 Å². The van der Waals surface area contributed by atoms with Crippen LogP contribution in [0.4, 0.5) is 5.82 Å². The van der Waals surface area contributed by atoms with Crippen molar-refractivity contribution in [1.82, 2.24) is 19.7 Å². The van der Waals surface area contributed by atoms with Crippen LogP contribution in [0.3, 0.4) is 0 Å². The highest BCUT2D eigenvalue weighted by atomic mass is 16.2. The van der Waals surface area contributed by atoms with Crippen LogP contribution in [0, 0.1) is 0 Å². The van der Waals surface area contributed by atoms with E-state index >= 15 is 0 Å². The highest BCUT2D eigenvalue weighted by Gasteiger charge is 2.26. The highest BCUT2D eigenvalue weighted by molar-refractivity contribution is 5.92. The van der Waals surface area contributed by atoms with Crippen LogP contribution in [0.1, 0.15) is 35.6 Å². The molecule has 1 amide bonds. The van der Waals surface area contributed by atoms with E-state index in [4.69, 9.17) is 0 Å². The Kier molecular flexibility index (Phi) is 9.86. The molecule has 0 atom stereocenters. The predicted octanol–water partition coefficient (Wildman–Crippen LogP) is 4.78. The molecule has 0 unspecified atom stereocenters. The number of hydrogen-bond donors (Lipinski definition) is 1. The lowest BCUT2D eigenvalue weighted by Crippen LogP contribution is -2.48. The van der Waals surface area contributed by atoms with Crippen LogP contribution in [0.5, 0.6) is 0 Å². The Labute approximate surface area is 221 Å². The van der Waals surface area contributed by atoms with Crippen molar-refractivity contribution in [3.8, 4) is 0 Å². The Morgan fingerprint density at radius 2 is 1.59 bits per heavy atom. The number of likely N-dealkylation sites (N-methyl/N-ethyl adjacent to an activating group) is 1. The fourth-order valence-electron chi connectivity index (χ4n) is 4.97. The van der Waals surface area contributed by atoms with Gasteiger partial charge in [0.1, 0.15) is 5.82 Å². The topological polar surface area (TPSA) is 51.7 Å². The number of amides is 1. The first-order chi connectivity index (χ1) is 18.2. The number of unbranched alkanes of at least 4 members (excludes halogenated alkanes) is 1. The molecule has 0 radical (unpaired) electrons. The molecule has 2 aromatic carbocycles. The van der Waals surface area contributed by atoms with Gasteiger partial charge in [-0.3, -0.25) is 9.69 Å². The van der Waals surface area contributed by atoms with E-state index in [2.05, 4.69) is 80.8 Å². The molecule has 2 heterocycles. The van der Waals surface area contributed by atoms with Crippen LogP contribution >= 0.6 is 0 Å². The second-order valence-electron chi connectivity index (χ2n) is 9.59. The molecule has 1 fully saturated rings. The summed E-state index contributed by atoms with van der Waals surface area (Å²) in [5.41, 5.74) is 3.62. The first-order valence-corrected chi connectivity index (χ1v) is 13.3. The summed E-state index contributed by atoms with van der Waals surface area (Å²) >= 11 is 0. The van der Waals surface area contributed by atoms with E-state index in [-0.39, 0.29) is 5.91 Å². The van der Waals surface area contributed by atoms with E-state index < -0.39 is 0 Å². The molecule has 1 saturated heterocycles. The first kappa shape index (κ1) is 26.6. The largest absolute Gasteiger partial charge is 0.373 e. The lowest BCUT2D eigenvalue weighted by atomic mass is 9.96. The number of hydrogen-bond acceptors (Lipinski definition) is 5. The number of benzene rings is 2. The standard InChI is InChI=1S/C31H39N5O/c1-32-31-28(16-11-19-33-31)17-18-29(37)34(2)20-9-10-21-35-22-24-36(25-23-35)30(26-12-5-3-6-13-26)27-14-7-4-8-15-27/h3-8,11-19,30H,9-10,20-25H2,1-2H3,(H,32,33)/b18-17+. The van der Waals surface area contributed by atoms with Gasteiger partial charge in [0.2, 0.25) is 5.91 Å². The Morgan fingerprint density at radius 1 is 0.946 bits per heavy atom. The molecular formula is C31H39N5O. The van der Waals surface area contributed by atoms with Gasteiger partial charge in [0.15, 0.2) is 0 Å². The van der Waals surface area contributed by atoms with Crippen molar-refractivity contribution in [3.05, 3.63) is 102 Å². The van der Waals surface area contributed by atoms with Gasteiger partial charge in [0, 0.05) is 64.7 Å². The molecule has 37 heavy (non-hydrogen) atoms. The number of rotatable bonds is 11. The monoisotopic (exact) mass is 497 g/mol. The number of anilines is 1. The van der Waals surface area contributed by atoms with E-state index in [1.54, 1.807) is 17.2 Å². The van der Waals surface area contributed by atoms with Gasteiger partial charge in [-0.1, -0.05) is 60.7 Å². The minimum absolute atomic E-state index is 0.0207. The summed E-state index contributed by atoms with van der Waals surface area (Å²) in [4.78, 5) is 23.8. The van der Waals surface area contributed by atoms with Crippen LogP contribution in [0.2, 0.25) is 0 Å². The molecule has 6 nitrogen and oxygen atoms in total. The third-order valence-corrected chi connectivity index (χ3v) is 7.08. The van der Waals surface area contributed by atoms with Crippen LogP contribution in [0.15, 0.2) is 85.1 Å². The molecule has 4 rings (SSSR count). The van der Waals surface area contributed by atoms with Gasteiger partial charge in [-0.25, -0.2) is 4.98 Å². The SMILES string of the molecule is CNc1ncccc1/C=C/C(=O)N(C)CCCCN1CCN(C(c2ccccc2)c2ccccc2)CC1. The number of carbonyl (C=O) groups excluding carboxylic acids is 1. The molecule has 6 heteroatoms. The average molecular weight is 498 g/mol. The van der Waals surface area contributed by atoms with Gasteiger partial charge in [-0.15, -0.1) is 0 Å². The summed E-state index contributed by atoms with van der Waals surface area (Å²) in [6, 6.07) is 25.8. The smallest absolute Gasteiger partial charge is 0.246 e. The number of carbonyl (C=O) groups is 1. The molecule has 1 aliphatic rings. The summed E-state index contributed by atoms with van der Waals surface area (Å²) in [6.07, 6.45) is 7.29. The fraction of sp³-hybridized carbons (Fsp3) is 0.355. The molecule has 1 aliphatic heterocycles. The van der Waals surface area contributed by atoms with E-state index in [0.717, 1.165) is 63.5 Å². The quantitative estimate of drug-likeness (QED) is 0.305. The summed E-state index contributed by atoms with van der Waals surface area (Å²) < 4.78 is 0. The van der Waals surface area contributed by atoms with Gasteiger partial charge < -0.3 is 15.1 Å². The van der Waals surface area contributed by atoms with Crippen molar-refractivity contribution in [2.75, 3.05) is 58.7 Å².